The lowest BCUT2D eigenvalue weighted by molar-refractivity contribution is 0.354. The number of hydrogen-bond donors (Lipinski definition) is 1. The number of benzene rings is 3. The second-order valence-electron chi connectivity index (χ2n) is 7.12. The van der Waals surface area contributed by atoms with E-state index in [0.717, 1.165) is 21.3 Å². The molecule has 33 heavy (non-hydrogen) atoms. The zero-order chi connectivity index (χ0) is 24.0. The molecule has 0 radical (unpaired) electrons. The first kappa shape index (κ1) is 24.3. The first-order valence-electron chi connectivity index (χ1n) is 10.7. The molecule has 3 aromatic carbocycles. The molecule has 0 atom stereocenters. The molecule has 6 nitrogen and oxygen atoms in total. The van der Waals surface area contributed by atoms with Crippen LogP contribution < -0.4 is 20.3 Å². The normalized spacial score (nSPS) is 10.4. The third-order valence-corrected chi connectivity index (χ3v) is 5.48. The Hall–Kier alpha value is -3.32. The zero-order valence-corrected chi connectivity index (χ0v) is 21.1. The minimum atomic E-state index is -0.124. The van der Waals surface area contributed by atoms with Gasteiger partial charge in [0.2, 0.25) is 5.95 Å². The molecule has 0 spiro atoms. The summed E-state index contributed by atoms with van der Waals surface area (Å²) in [5, 5.41) is 3.90. The van der Waals surface area contributed by atoms with E-state index in [1.54, 1.807) is 18.8 Å². The average molecular weight is 510 g/mol. The maximum absolute atomic E-state index is 13.4. The number of ether oxygens (including phenoxy) is 2. The Kier molecular flexibility index (Phi) is 8.11. The fourth-order valence-electron chi connectivity index (χ4n) is 3.44. The van der Waals surface area contributed by atoms with Crippen molar-refractivity contribution in [3.05, 3.63) is 86.6 Å². The summed E-state index contributed by atoms with van der Waals surface area (Å²) in [5.41, 5.74) is 3.23. The van der Waals surface area contributed by atoms with Crippen LogP contribution in [-0.4, -0.2) is 23.8 Å². The fourth-order valence-corrected chi connectivity index (χ4v) is 3.83. The Morgan fingerprint density at radius 3 is 2.42 bits per heavy atom. The van der Waals surface area contributed by atoms with Gasteiger partial charge < -0.3 is 14.8 Å². The highest BCUT2D eigenvalue weighted by Crippen LogP contribution is 2.28. The van der Waals surface area contributed by atoms with E-state index >= 15 is 0 Å². The number of fused-ring (bicyclic) bond motifs is 1. The number of nitrogens with zero attached hydrogens (tertiary/aromatic N) is 2. The predicted molar refractivity (Wildman–Crippen MR) is 138 cm³/mol. The van der Waals surface area contributed by atoms with Gasteiger partial charge in [0.1, 0.15) is 0 Å². The van der Waals surface area contributed by atoms with Crippen LogP contribution in [0.25, 0.3) is 16.6 Å². The van der Waals surface area contributed by atoms with Crippen LogP contribution >= 0.6 is 15.9 Å². The molecule has 0 saturated carbocycles. The van der Waals surface area contributed by atoms with Gasteiger partial charge in [0, 0.05) is 11.0 Å². The Labute approximate surface area is 202 Å². The number of nitrogens with one attached hydrogen (secondary N) is 1. The third kappa shape index (κ3) is 5.37. The molecule has 0 amide bonds. The van der Waals surface area contributed by atoms with Gasteiger partial charge in [-0.3, -0.25) is 4.79 Å². The maximum atomic E-state index is 13.4. The first-order chi connectivity index (χ1) is 16.0. The summed E-state index contributed by atoms with van der Waals surface area (Å²) >= 11 is 3.49. The highest BCUT2D eigenvalue weighted by Gasteiger charge is 2.14. The third-order valence-electron chi connectivity index (χ3n) is 4.99. The number of rotatable bonds is 6. The van der Waals surface area contributed by atoms with Gasteiger partial charge in [-0.15, -0.1) is 0 Å². The van der Waals surface area contributed by atoms with Gasteiger partial charge in [0.15, 0.2) is 11.5 Å². The Bertz CT molecular complexity index is 1320. The van der Waals surface area contributed by atoms with E-state index < -0.39 is 0 Å². The van der Waals surface area contributed by atoms with Crippen LogP contribution in [0.4, 0.5) is 5.95 Å². The molecule has 4 rings (SSSR count). The van der Waals surface area contributed by atoms with Crippen LogP contribution in [0.2, 0.25) is 0 Å². The average Bonchev–Trinajstić information content (AvgIpc) is 2.84. The molecule has 0 bridgehead atoms. The van der Waals surface area contributed by atoms with Gasteiger partial charge in [0.05, 0.1) is 30.8 Å². The van der Waals surface area contributed by atoms with Gasteiger partial charge in [-0.25, -0.2) is 9.55 Å². The van der Waals surface area contributed by atoms with Crippen molar-refractivity contribution >= 4 is 32.8 Å². The van der Waals surface area contributed by atoms with E-state index in [4.69, 9.17) is 14.5 Å². The van der Waals surface area contributed by atoms with Crippen molar-refractivity contribution in [1.82, 2.24) is 9.55 Å². The molecule has 0 unspecified atom stereocenters. The number of aryl methyl sites for hydroxylation is 1. The number of methoxy groups -OCH3 is 2. The summed E-state index contributed by atoms with van der Waals surface area (Å²) in [5.74, 6) is 1.78. The molecule has 0 fully saturated rings. The van der Waals surface area contributed by atoms with Crippen molar-refractivity contribution in [3.8, 4) is 17.2 Å². The quantitative estimate of drug-likeness (QED) is 0.339. The van der Waals surface area contributed by atoms with Crippen molar-refractivity contribution in [2.45, 2.75) is 27.3 Å². The number of aromatic nitrogens is 2. The van der Waals surface area contributed by atoms with Gasteiger partial charge in [-0.2, -0.15) is 0 Å². The molecular weight excluding hydrogens is 482 g/mol. The Morgan fingerprint density at radius 2 is 1.73 bits per heavy atom. The van der Waals surface area contributed by atoms with Gasteiger partial charge in [0.25, 0.3) is 5.56 Å². The van der Waals surface area contributed by atoms with E-state index in [2.05, 4.69) is 21.2 Å². The summed E-state index contributed by atoms with van der Waals surface area (Å²) in [4.78, 5) is 18.2. The smallest absolute Gasteiger partial charge is 0.267 e. The van der Waals surface area contributed by atoms with Crippen molar-refractivity contribution in [2.24, 2.45) is 0 Å². The highest BCUT2D eigenvalue weighted by molar-refractivity contribution is 9.10. The van der Waals surface area contributed by atoms with Gasteiger partial charge in [-0.05, 0) is 55.0 Å². The summed E-state index contributed by atoms with van der Waals surface area (Å²) in [6.07, 6.45) is 0. The van der Waals surface area contributed by atoms with Gasteiger partial charge in [-0.1, -0.05) is 53.5 Å². The van der Waals surface area contributed by atoms with E-state index in [9.17, 15) is 4.79 Å². The number of anilines is 1. The summed E-state index contributed by atoms with van der Waals surface area (Å²) in [7, 11) is 3.21. The second kappa shape index (κ2) is 11.0. The monoisotopic (exact) mass is 509 g/mol. The number of halogens is 1. The van der Waals surface area contributed by atoms with Crippen molar-refractivity contribution < 1.29 is 9.47 Å². The molecule has 172 valence electrons. The van der Waals surface area contributed by atoms with Crippen LogP contribution in [-0.2, 0) is 6.54 Å². The molecule has 0 aliphatic rings. The van der Waals surface area contributed by atoms with E-state index in [0.29, 0.717) is 34.9 Å². The SMILES string of the molecule is CC.COc1ccc(CNc2nc3ccc(C)cc3c(=O)n2-c2cccc(Br)c2)cc1OC. The Morgan fingerprint density at radius 1 is 0.970 bits per heavy atom. The summed E-state index contributed by atoms with van der Waals surface area (Å²) in [6.45, 7) is 6.42. The first-order valence-corrected chi connectivity index (χ1v) is 11.5. The minimum Gasteiger partial charge on any atom is -0.493 e. The van der Waals surface area contributed by atoms with Crippen LogP contribution in [0.1, 0.15) is 25.0 Å². The zero-order valence-electron chi connectivity index (χ0n) is 19.5. The standard InChI is InChI=1S/C24H22BrN3O3.C2H6/c1-15-7-9-20-19(11-15)23(29)28(18-6-4-5-17(25)13-18)24(27-20)26-14-16-8-10-21(30-2)22(12-16)31-3;1-2/h4-13H,14H2,1-3H3,(H,26,27);1-2H3. The lowest BCUT2D eigenvalue weighted by Crippen LogP contribution is -2.24. The largest absolute Gasteiger partial charge is 0.493 e. The molecule has 1 N–H and O–H groups in total. The van der Waals surface area contributed by atoms with Gasteiger partial charge >= 0.3 is 0 Å². The van der Waals surface area contributed by atoms with E-state index in [1.165, 1.54) is 0 Å². The predicted octanol–water partition coefficient (Wildman–Crippen LogP) is 6.11. The van der Waals surface area contributed by atoms with E-state index in [-0.39, 0.29) is 5.56 Å². The molecule has 0 aliphatic carbocycles. The molecule has 4 aromatic rings. The molecule has 1 heterocycles. The fraction of sp³-hybridized carbons (Fsp3) is 0.231. The Balaban J connectivity index is 0.00000149. The van der Waals surface area contributed by atoms with Crippen LogP contribution in [0, 0.1) is 6.92 Å². The molecular formula is C26H28BrN3O3. The molecule has 0 saturated heterocycles. The minimum absolute atomic E-state index is 0.124. The van der Waals surface area contributed by atoms with Crippen LogP contribution in [0.5, 0.6) is 11.5 Å². The molecule has 7 heteroatoms. The molecule has 1 aromatic heterocycles. The van der Waals surface area contributed by atoms with Crippen molar-refractivity contribution in [1.29, 1.82) is 0 Å². The van der Waals surface area contributed by atoms with Crippen LogP contribution in [0.3, 0.4) is 0 Å². The highest BCUT2D eigenvalue weighted by atomic mass is 79.9. The lowest BCUT2D eigenvalue weighted by atomic mass is 10.1. The molecule has 0 aliphatic heterocycles. The van der Waals surface area contributed by atoms with Crippen LogP contribution in [0.15, 0.2) is 69.9 Å². The van der Waals surface area contributed by atoms with Crippen molar-refractivity contribution in [2.75, 3.05) is 19.5 Å². The summed E-state index contributed by atoms with van der Waals surface area (Å²) < 4.78 is 13.2. The summed E-state index contributed by atoms with van der Waals surface area (Å²) in [6, 6.07) is 19.0. The van der Waals surface area contributed by atoms with Crippen molar-refractivity contribution in [3.63, 3.8) is 0 Å². The lowest BCUT2D eigenvalue weighted by Gasteiger charge is -2.16. The number of hydrogen-bond acceptors (Lipinski definition) is 5. The second-order valence-corrected chi connectivity index (χ2v) is 8.04. The topological polar surface area (TPSA) is 65.4 Å². The van der Waals surface area contributed by atoms with E-state index in [1.807, 2.05) is 81.4 Å². The maximum Gasteiger partial charge on any atom is 0.267 e.